The number of ether oxygens (including phenoxy) is 1. The third-order valence-electron chi connectivity index (χ3n) is 3.07. The Kier molecular flexibility index (Phi) is 2.91. The summed E-state index contributed by atoms with van der Waals surface area (Å²) in [5.74, 6) is -0.446. The highest BCUT2D eigenvalue weighted by Crippen LogP contribution is 2.24. The van der Waals surface area contributed by atoms with E-state index in [0.29, 0.717) is 13.2 Å². The molecule has 0 aliphatic carbocycles. The zero-order valence-electron chi connectivity index (χ0n) is 10.6. The van der Waals surface area contributed by atoms with Crippen molar-refractivity contribution in [1.29, 1.82) is 0 Å². The summed E-state index contributed by atoms with van der Waals surface area (Å²) in [5.41, 5.74) is 1.99. The normalized spacial score (nSPS) is 13.4. The van der Waals surface area contributed by atoms with Crippen LogP contribution in [0.1, 0.15) is 18.1 Å². The van der Waals surface area contributed by atoms with Gasteiger partial charge in [0.05, 0.1) is 6.61 Å². The molecule has 1 aliphatic heterocycles. The quantitative estimate of drug-likeness (QED) is 0.775. The predicted molar refractivity (Wildman–Crippen MR) is 71.9 cm³/mol. The molecule has 0 fully saturated rings. The van der Waals surface area contributed by atoms with E-state index in [-0.39, 0.29) is 5.71 Å². The van der Waals surface area contributed by atoms with Crippen molar-refractivity contribution in [1.82, 2.24) is 0 Å². The van der Waals surface area contributed by atoms with Crippen LogP contribution >= 0.6 is 0 Å². The largest absolute Gasteiger partial charge is 0.461 e. The fourth-order valence-electron chi connectivity index (χ4n) is 2.19. The molecule has 0 unspecified atom stereocenters. The van der Waals surface area contributed by atoms with Crippen molar-refractivity contribution in [3.05, 3.63) is 47.5 Å². The summed E-state index contributed by atoms with van der Waals surface area (Å²) < 4.78 is 5.00. The molecule has 0 saturated carbocycles. The molecule has 0 atom stereocenters. The van der Waals surface area contributed by atoms with Gasteiger partial charge in [0.25, 0.3) is 0 Å². The molecule has 0 bridgehead atoms. The smallest absolute Gasteiger partial charge is 0.361 e. The van der Waals surface area contributed by atoms with Crippen LogP contribution < -0.4 is 0 Å². The number of esters is 1. The Morgan fingerprint density at radius 3 is 2.79 bits per heavy atom. The minimum atomic E-state index is -0.446. The van der Waals surface area contributed by atoms with Gasteiger partial charge in [0.15, 0.2) is 5.71 Å². The molecular weight excluding hydrogens is 242 g/mol. The molecule has 0 aromatic heterocycles. The second-order valence-electron chi connectivity index (χ2n) is 4.29. The standard InChI is InChI=1S/C15H13NO3/c1-2-18-15(17)14-13-8-11-6-4-3-5-10(11)7-12(13)9-19-16-14/h3-8H,2,9H2,1H3. The van der Waals surface area contributed by atoms with Gasteiger partial charge >= 0.3 is 5.97 Å². The van der Waals surface area contributed by atoms with Crippen LogP contribution in [-0.4, -0.2) is 18.3 Å². The Hall–Kier alpha value is -2.36. The van der Waals surface area contributed by atoms with Crippen LogP contribution in [0.15, 0.2) is 41.6 Å². The highest BCUT2D eigenvalue weighted by atomic mass is 16.6. The maximum absolute atomic E-state index is 11.9. The number of fused-ring (bicyclic) bond motifs is 2. The summed E-state index contributed by atoms with van der Waals surface area (Å²) in [6, 6.07) is 12.0. The SMILES string of the molecule is CCOC(=O)C1=NOCc2cc3ccccc3cc21. The molecule has 4 heteroatoms. The average molecular weight is 255 g/mol. The Labute approximate surface area is 110 Å². The lowest BCUT2D eigenvalue weighted by Gasteiger charge is -2.16. The van der Waals surface area contributed by atoms with Crippen LogP contribution in [0.4, 0.5) is 0 Å². The molecule has 1 heterocycles. The molecule has 2 aromatic carbocycles. The van der Waals surface area contributed by atoms with Crippen molar-refractivity contribution in [3.8, 4) is 0 Å². The first kappa shape index (κ1) is 11.7. The molecule has 3 rings (SSSR count). The third-order valence-corrected chi connectivity index (χ3v) is 3.07. The molecule has 19 heavy (non-hydrogen) atoms. The van der Waals surface area contributed by atoms with Crippen LogP contribution in [0, 0.1) is 0 Å². The topological polar surface area (TPSA) is 47.9 Å². The summed E-state index contributed by atoms with van der Waals surface area (Å²) in [4.78, 5) is 17.0. The van der Waals surface area contributed by atoms with Crippen LogP contribution in [-0.2, 0) is 21.0 Å². The third kappa shape index (κ3) is 2.05. The number of hydrogen-bond donors (Lipinski definition) is 0. The minimum Gasteiger partial charge on any atom is -0.461 e. The van der Waals surface area contributed by atoms with Crippen molar-refractivity contribution < 1.29 is 14.4 Å². The predicted octanol–water partition coefficient (Wildman–Crippen LogP) is 2.64. The lowest BCUT2D eigenvalue weighted by molar-refractivity contribution is -0.135. The van der Waals surface area contributed by atoms with Crippen LogP contribution in [0.5, 0.6) is 0 Å². The number of hydrogen-bond acceptors (Lipinski definition) is 4. The van der Waals surface area contributed by atoms with Gasteiger partial charge in [-0.05, 0) is 29.8 Å². The van der Waals surface area contributed by atoms with Crippen molar-refractivity contribution >= 4 is 22.5 Å². The van der Waals surface area contributed by atoms with Gasteiger partial charge in [-0.2, -0.15) is 0 Å². The van der Waals surface area contributed by atoms with E-state index in [0.717, 1.165) is 21.9 Å². The van der Waals surface area contributed by atoms with Gasteiger partial charge in [0.1, 0.15) is 6.61 Å². The molecule has 0 radical (unpaired) electrons. The first-order valence-corrected chi connectivity index (χ1v) is 6.18. The van der Waals surface area contributed by atoms with E-state index >= 15 is 0 Å². The Morgan fingerprint density at radius 2 is 2.05 bits per heavy atom. The van der Waals surface area contributed by atoms with Gasteiger partial charge in [0.2, 0.25) is 0 Å². The van der Waals surface area contributed by atoms with E-state index in [1.165, 1.54) is 0 Å². The zero-order chi connectivity index (χ0) is 13.2. The fourth-order valence-corrected chi connectivity index (χ4v) is 2.19. The lowest BCUT2D eigenvalue weighted by Crippen LogP contribution is -2.23. The maximum atomic E-state index is 11.9. The van der Waals surface area contributed by atoms with Gasteiger partial charge in [0, 0.05) is 11.1 Å². The van der Waals surface area contributed by atoms with E-state index in [9.17, 15) is 4.79 Å². The molecule has 0 saturated heterocycles. The van der Waals surface area contributed by atoms with Gasteiger partial charge in [-0.3, -0.25) is 0 Å². The second kappa shape index (κ2) is 4.72. The second-order valence-corrected chi connectivity index (χ2v) is 4.29. The lowest BCUT2D eigenvalue weighted by atomic mass is 9.97. The van der Waals surface area contributed by atoms with Gasteiger partial charge in [-0.1, -0.05) is 29.4 Å². The van der Waals surface area contributed by atoms with Gasteiger partial charge in [-0.15, -0.1) is 0 Å². The van der Waals surface area contributed by atoms with Crippen LogP contribution in [0.25, 0.3) is 10.8 Å². The molecule has 0 spiro atoms. The fraction of sp³-hybridized carbons (Fsp3) is 0.200. The molecule has 0 N–H and O–H groups in total. The Bertz CT molecular complexity index is 676. The molecule has 4 nitrogen and oxygen atoms in total. The van der Waals surface area contributed by atoms with Crippen molar-refractivity contribution in [2.24, 2.45) is 5.16 Å². The molecule has 1 aliphatic rings. The van der Waals surface area contributed by atoms with E-state index in [4.69, 9.17) is 9.57 Å². The summed E-state index contributed by atoms with van der Waals surface area (Å²) in [5, 5.41) is 6.03. The maximum Gasteiger partial charge on any atom is 0.361 e. The van der Waals surface area contributed by atoms with Crippen LogP contribution in [0.2, 0.25) is 0 Å². The minimum absolute atomic E-state index is 0.244. The highest BCUT2D eigenvalue weighted by Gasteiger charge is 2.23. The average Bonchev–Trinajstić information content (AvgIpc) is 2.44. The number of carbonyl (C=O) groups is 1. The number of benzene rings is 2. The van der Waals surface area contributed by atoms with E-state index < -0.39 is 5.97 Å². The number of nitrogens with zero attached hydrogens (tertiary/aromatic N) is 1. The van der Waals surface area contributed by atoms with E-state index in [1.807, 2.05) is 36.4 Å². The van der Waals surface area contributed by atoms with E-state index in [1.54, 1.807) is 6.92 Å². The molecular formula is C15H13NO3. The summed E-state index contributed by atoms with van der Waals surface area (Å²) in [6.07, 6.45) is 0. The van der Waals surface area contributed by atoms with Crippen LogP contribution in [0.3, 0.4) is 0 Å². The first-order chi connectivity index (χ1) is 9.29. The highest BCUT2D eigenvalue weighted by molar-refractivity contribution is 6.43. The number of rotatable bonds is 2. The zero-order valence-corrected chi connectivity index (χ0v) is 10.6. The first-order valence-electron chi connectivity index (χ1n) is 6.18. The van der Waals surface area contributed by atoms with Crippen molar-refractivity contribution in [2.75, 3.05) is 6.61 Å². The molecule has 96 valence electrons. The molecule has 0 amide bonds. The van der Waals surface area contributed by atoms with E-state index in [2.05, 4.69) is 5.16 Å². The van der Waals surface area contributed by atoms with Gasteiger partial charge < -0.3 is 9.57 Å². The van der Waals surface area contributed by atoms with Gasteiger partial charge in [-0.25, -0.2) is 4.79 Å². The summed E-state index contributed by atoms with van der Waals surface area (Å²) in [6.45, 7) is 2.47. The number of oxime groups is 1. The number of carbonyl (C=O) groups excluding carboxylic acids is 1. The summed E-state index contributed by atoms with van der Waals surface area (Å²) >= 11 is 0. The summed E-state index contributed by atoms with van der Waals surface area (Å²) in [7, 11) is 0. The monoisotopic (exact) mass is 255 g/mol. The van der Waals surface area contributed by atoms with Crippen molar-refractivity contribution in [3.63, 3.8) is 0 Å². The van der Waals surface area contributed by atoms with Crippen molar-refractivity contribution in [2.45, 2.75) is 13.5 Å². The Balaban J connectivity index is 2.13. The Morgan fingerprint density at radius 1 is 1.32 bits per heavy atom. The molecule has 2 aromatic rings.